The zero-order valence-corrected chi connectivity index (χ0v) is 22.3. The summed E-state index contributed by atoms with van der Waals surface area (Å²) in [5.74, 6) is 0.509. The monoisotopic (exact) mass is 528 g/mol. The quantitative estimate of drug-likeness (QED) is 0.294. The van der Waals surface area contributed by atoms with Gasteiger partial charge in [0.15, 0.2) is 11.4 Å². The van der Waals surface area contributed by atoms with Crippen LogP contribution in [0.5, 0.6) is 0 Å². The lowest BCUT2D eigenvalue weighted by Crippen LogP contribution is -2.39. The van der Waals surface area contributed by atoms with Crippen LogP contribution in [0.2, 0.25) is 0 Å². The molecule has 0 bridgehead atoms. The highest BCUT2D eigenvalue weighted by molar-refractivity contribution is 6.02. The molecule has 0 aliphatic carbocycles. The molecule has 3 heterocycles. The van der Waals surface area contributed by atoms with E-state index in [9.17, 15) is 9.59 Å². The molecule has 202 valence electrons. The van der Waals surface area contributed by atoms with Crippen molar-refractivity contribution in [3.05, 3.63) is 59.8 Å². The van der Waals surface area contributed by atoms with E-state index in [2.05, 4.69) is 30.8 Å². The lowest BCUT2D eigenvalue weighted by atomic mass is 10.1. The molecule has 11 nitrogen and oxygen atoms in total. The van der Waals surface area contributed by atoms with Gasteiger partial charge in [-0.05, 0) is 43.7 Å². The summed E-state index contributed by atoms with van der Waals surface area (Å²) in [5.41, 5.74) is 5.03. The number of ketones is 1. The number of anilines is 3. The van der Waals surface area contributed by atoms with Gasteiger partial charge in [-0.15, -0.1) is 0 Å². The van der Waals surface area contributed by atoms with E-state index in [-0.39, 0.29) is 5.78 Å². The molecule has 0 atom stereocenters. The summed E-state index contributed by atoms with van der Waals surface area (Å²) in [6, 6.07) is 12.2. The molecule has 4 aromatic rings. The van der Waals surface area contributed by atoms with E-state index in [4.69, 9.17) is 9.84 Å². The van der Waals surface area contributed by atoms with E-state index < -0.39 is 6.03 Å². The Kier molecular flexibility index (Phi) is 7.80. The van der Waals surface area contributed by atoms with E-state index in [1.54, 1.807) is 35.1 Å². The predicted octanol–water partition coefficient (Wildman–Crippen LogP) is 3.93. The minimum absolute atomic E-state index is 0.0609. The summed E-state index contributed by atoms with van der Waals surface area (Å²) in [4.78, 5) is 35.8. The maximum atomic E-state index is 12.6. The van der Waals surface area contributed by atoms with Gasteiger partial charge in [0.05, 0.1) is 18.6 Å². The minimum Gasteiger partial charge on any atom is -0.379 e. The van der Waals surface area contributed by atoms with Crippen LogP contribution in [-0.4, -0.2) is 75.9 Å². The first-order valence-electron chi connectivity index (χ1n) is 12.9. The largest absolute Gasteiger partial charge is 0.379 e. The van der Waals surface area contributed by atoms with E-state index in [1.807, 2.05) is 32.2 Å². The number of Topliss-reactive ketones (excluding diaryl/α,β-unsaturated/α-hetero) is 1. The molecule has 11 heteroatoms. The zero-order chi connectivity index (χ0) is 27.4. The summed E-state index contributed by atoms with van der Waals surface area (Å²) in [6.07, 6.45) is 1.80. The number of hydrogen-bond acceptors (Lipinski definition) is 8. The molecule has 1 saturated heterocycles. The lowest BCUT2D eigenvalue weighted by molar-refractivity contribution is 0.0398. The highest BCUT2D eigenvalue weighted by atomic mass is 16.5. The Hall–Kier alpha value is -4.35. The second-order valence-electron chi connectivity index (χ2n) is 9.53. The number of nitrogens with one attached hydrogen (secondary N) is 3. The molecular formula is C28H32N8O3. The molecule has 1 aliphatic heterocycles. The van der Waals surface area contributed by atoms with Gasteiger partial charge in [-0.2, -0.15) is 10.1 Å². The van der Waals surface area contributed by atoms with Crippen molar-refractivity contribution in [2.45, 2.75) is 13.8 Å². The number of nitrogens with zero attached hydrogens (tertiary/aromatic N) is 5. The number of hydrogen-bond donors (Lipinski definition) is 3. The number of aryl methyl sites for hydroxylation is 2. The van der Waals surface area contributed by atoms with Gasteiger partial charge in [-0.1, -0.05) is 18.2 Å². The standard InChI is InChI=1S/C28H32N8O3/c1-18-15-21(7-8-24(18)32-28(38)31-22-6-4-5-20(16-22)19(2)37)25-23-17-30-27(33-26(23)35(3)34-25)29-9-10-36-11-13-39-14-12-36/h4-8,15-17H,9-14H2,1-3H3,(H,29,30,33)(H2,31,32,38). The van der Waals surface area contributed by atoms with Crippen molar-refractivity contribution in [2.75, 3.05) is 55.3 Å². The third-order valence-corrected chi connectivity index (χ3v) is 6.67. The van der Waals surface area contributed by atoms with Gasteiger partial charge in [0.2, 0.25) is 5.95 Å². The smallest absolute Gasteiger partial charge is 0.323 e. The summed E-state index contributed by atoms with van der Waals surface area (Å²) in [6.45, 7) is 8.52. The van der Waals surface area contributed by atoms with E-state index in [1.165, 1.54) is 6.92 Å². The van der Waals surface area contributed by atoms with Gasteiger partial charge < -0.3 is 20.7 Å². The van der Waals surface area contributed by atoms with Crippen molar-refractivity contribution in [3.8, 4) is 11.3 Å². The molecule has 3 N–H and O–H groups in total. The third-order valence-electron chi connectivity index (χ3n) is 6.67. The van der Waals surface area contributed by atoms with Gasteiger partial charge >= 0.3 is 6.03 Å². The molecule has 39 heavy (non-hydrogen) atoms. The SMILES string of the molecule is CC(=O)c1cccc(NC(=O)Nc2ccc(-c3nn(C)c4nc(NCCN5CCOCC5)ncc34)cc2C)c1. The van der Waals surface area contributed by atoms with E-state index in [0.717, 1.165) is 67.2 Å². The highest BCUT2D eigenvalue weighted by Crippen LogP contribution is 2.29. The van der Waals surface area contributed by atoms with Crippen LogP contribution in [0.15, 0.2) is 48.7 Å². The second kappa shape index (κ2) is 11.6. The minimum atomic E-state index is -0.392. The Morgan fingerprint density at radius 1 is 1.08 bits per heavy atom. The topological polar surface area (TPSA) is 126 Å². The van der Waals surface area contributed by atoms with Gasteiger partial charge in [-0.3, -0.25) is 9.69 Å². The molecule has 2 aromatic carbocycles. The Morgan fingerprint density at radius 2 is 1.90 bits per heavy atom. The maximum absolute atomic E-state index is 12.6. The average molecular weight is 529 g/mol. The fourth-order valence-corrected chi connectivity index (χ4v) is 4.54. The summed E-state index contributed by atoms with van der Waals surface area (Å²) in [7, 11) is 1.87. The molecule has 0 saturated carbocycles. The first-order chi connectivity index (χ1) is 18.9. The highest BCUT2D eigenvalue weighted by Gasteiger charge is 2.16. The van der Waals surface area contributed by atoms with Crippen LogP contribution in [0.25, 0.3) is 22.3 Å². The molecule has 1 aliphatic rings. The van der Waals surface area contributed by atoms with Gasteiger partial charge in [0.25, 0.3) is 0 Å². The first kappa shape index (κ1) is 26.3. The number of urea groups is 1. The number of carbonyl (C=O) groups excluding carboxylic acids is 2. The van der Waals surface area contributed by atoms with E-state index in [0.29, 0.717) is 22.9 Å². The van der Waals surface area contributed by atoms with Crippen LogP contribution in [0.3, 0.4) is 0 Å². The number of ether oxygens (including phenoxy) is 1. The number of carbonyl (C=O) groups is 2. The molecule has 0 radical (unpaired) electrons. The molecule has 1 fully saturated rings. The van der Waals surface area contributed by atoms with Crippen molar-refractivity contribution >= 4 is 40.2 Å². The van der Waals surface area contributed by atoms with Gasteiger partial charge in [0.1, 0.15) is 5.69 Å². The average Bonchev–Trinajstić information content (AvgIpc) is 3.26. The van der Waals surface area contributed by atoms with Crippen LogP contribution in [0, 0.1) is 6.92 Å². The van der Waals surface area contributed by atoms with Gasteiger partial charge in [-0.25, -0.2) is 14.5 Å². The Balaban J connectivity index is 1.26. The normalized spacial score (nSPS) is 13.8. The predicted molar refractivity (Wildman–Crippen MR) is 151 cm³/mol. The maximum Gasteiger partial charge on any atom is 0.323 e. The second-order valence-corrected chi connectivity index (χ2v) is 9.53. The van der Waals surface area contributed by atoms with Crippen LogP contribution < -0.4 is 16.0 Å². The number of morpholine rings is 1. The molecule has 2 amide bonds. The Labute approximate surface area is 226 Å². The van der Waals surface area contributed by atoms with Crippen LogP contribution in [-0.2, 0) is 11.8 Å². The zero-order valence-electron chi connectivity index (χ0n) is 22.3. The van der Waals surface area contributed by atoms with Crippen LogP contribution in [0.1, 0.15) is 22.8 Å². The fraction of sp³-hybridized carbons (Fsp3) is 0.321. The molecule has 2 aromatic heterocycles. The number of amides is 2. The fourth-order valence-electron chi connectivity index (χ4n) is 4.54. The summed E-state index contributed by atoms with van der Waals surface area (Å²) < 4.78 is 7.15. The first-order valence-corrected chi connectivity index (χ1v) is 12.9. The third kappa shape index (κ3) is 6.21. The summed E-state index contributed by atoms with van der Waals surface area (Å²) >= 11 is 0. The van der Waals surface area contributed by atoms with E-state index >= 15 is 0 Å². The molecular weight excluding hydrogens is 496 g/mol. The van der Waals surface area contributed by atoms with Crippen molar-refractivity contribution < 1.29 is 14.3 Å². The number of fused-ring (bicyclic) bond motifs is 1. The van der Waals surface area contributed by atoms with Crippen molar-refractivity contribution in [1.82, 2.24) is 24.6 Å². The number of benzene rings is 2. The lowest BCUT2D eigenvalue weighted by Gasteiger charge is -2.26. The molecule has 0 unspecified atom stereocenters. The Bertz CT molecular complexity index is 1510. The van der Waals surface area contributed by atoms with Crippen LogP contribution >= 0.6 is 0 Å². The van der Waals surface area contributed by atoms with Gasteiger partial charge in [0, 0.05) is 61.9 Å². The Morgan fingerprint density at radius 3 is 2.67 bits per heavy atom. The molecule has 5 rings (SSSR count). The van der Waals surface area contributed by atoms with Crippen molar-refractivity contribution in [2.24, 2.45) is 7.05 Å². The van der Waals surface area contributed by atoms with Crippen LogP contribution in [0.4, 0.5) is 22.1 Å². The summed E-state index contributed by atoms with van der Waals surface area (Å²) in [5, 5.41) is 14.5. The number of rotatable bonds is 8. The van der Waals surface area contributed by atoms with Crippen molar-refractivity contribution in [1.29, 1.82) is 0 Å². The van der Waals surface area contributed by atoms with Crippen molar-refractivity contribution in [3.63, 3.8) is 0 Å². The molecule has 0 spiro atoms. The number of aromatic nitrogens is 4.